The molecule has 1 aromatic heterocycles. The van der Waals surface area contributed by atoms with Crippen LogP contribution in [0.1, 0.15) is 90.7 Å². The van der Waals surface area contributed by atoms with Gasteiger partial charge in [0, 0.05) is 5.69 Å². The molecule has 0 aliphatic heterocycles. The third kappa shape index (κ3) is 4.97. The first-order chi connectivity index (χ1) is 17.9. The third-order valence-electron chi connectivity index (χ3n) is 8.87. The number of hydrogen-bond acceptors (Lipinski definition) is 4. The Labute approximate surface area is 231 Å². The minimum Gasteiger partial charge on any atom is -0.481 e. The fourth-order valence-corrected chi connectivity index (χ4v) is 6.97. The predicted octanol–water partition coefficient (Wildman–Crippen LogP) is 6.31. The summed E-state index contributed by atoms with van der Waals surface area (Å²) in [6.45, 7) is 3.00. The molecule has 1 N–H and O–H groups in total. The Bertz CT molecular complexity index is 1270. The van der Waals surface area contributed by atoms with Gasteiger partial charge >= 0.3 is 5.97 Å². The quantitative estimate of drug-likeness (QED) is 0.380. The second kappa shape index (κ2) is 9.63. The Kier molecular flexibility index (Phi) is 6.87. The SMILES string of the molecule is Cc1c(C(=O)N(CC(=O)c2c(Cl)cccc2Cl)CC2(F)CC3(CC3)C2)cnn1C1CCC(C)(C(=O)O)CC1. The molecule has 1 spiro atoms. The molecule has 1 aromatic carbocycles. The average molecular weight is 564 g/mol. The average Bonchev–Trinajstić information content (AvgIpc) is 3.51. The van der Waals surface area contributed by atoms with Crippen LogP contribution in [0.3, 0.4) is 0 Å². The summed E-state index contributed by atoms with van der Waals surface area (Å²) in [6, 6.07) is 4.71. The van der Waals surface area contributed by atoms with Crippen molar-refractivity contribution in [3.8, 4) is 0 Å². The van der Waals surface area contributed by atoms with Crippen molar-refractivity contribution in [3.63, 3.8) is 0 Å². The van der Waals surface area contributed by atoms with E-state index in [2.05, 4.69) is 5.10 Å². The normalized spacial score (nSPS) is 25.0. The zero-order chi connectivity index (χ0) is 27.5. The van der Waals surface area contributed by atoms with Crippen LogP contribution in [0, 0.1) is 17.8 Å². The highest BCUT2D eigenvalue weighted by atomic mass is 35.5. The van der Waals surface area contributed by atoms with Crippen LogP contribution >= 0.6 is 23.2 Å². The molecule has 0 saturated heterocycles. The molecule has 3 aliphatic carbocycles. The monoisotopic (exact) mass is 563 g/mol. The molecule has 10 heteroatoms. The van der Waals surface area contributed by atoms with Crippen molar-refractivity contribution in [3.05, 3.63) is 51.3 Å². The number of aromatic nitrogens is 2. The molecule has 1 amide bonds. The Morgan fingerprint density at radius 1 is 1.13 bits per heavy atom. The van der Waals surface area contributed by atoms with Crippen LogP contribution in [-0.2, 0) is 4.79 Å². The lowest BCUT2D eigenvalue weighted by Crippen LogP contribution is -2.52. The maximum Gasteiger partial charge on any atom is 0.309 e. The maximum atomic E-state index is 15.7. The fourth-order valence-electron chi connectivity index (χ4n) is 6.36. The van der Waals surface area contributed by atoms with Gasteiger partial charge in [0.25, 0.3) is 5.91 Å². The highest BCUT2D eigenvalue weighted by molar-refractivity contribution is 6.40. The van der Waals surface area contributed by atoms with Gasteiger partial charge in [-0.3, -0.25) is 19.1 Å². The molecule has 1 heterocycles. The second-order valence-electron chi connectivity index (χ2n) is 11.9. The molecule has 0 atom stereocenters. The van der Waals surface area contributed by atoms with Gasteiger partial charge in [-0.05, 0) is 82.8 Å². The molecule has 38 heavy (non-hydrogen) atoms. The van der Waals surface area contributed by atoms with Crippen LogP contribution in [0.5, 0.6) is 0 Å². The van der Waals surface area contributed by atoms with Gasteiger partial charge in [0.15, 0.2) is 5.78 Å². The molecule has 5 rings (SSSR count). The van der Waals surface area contributed by atoms with Crippen LogP contribution in [0.15, 0.2) is 24.4 Å². The van der Waals surface area contributed by atoms with Gasteiger partial charge in [-0.25, -0.2) is 4.39 Å². The Morgan fingerprint density at radius 2 is 1.74 bits per heavy atom. The Hall–Kier alpha value is -2.45. The van der Waals surface area contributed by atoms with Gasteiger partial charge < -0.3 is 10.0 Å². The van der Waals surface area contributed by atoms with Crippen molar-refractivity contribution in [2.24, 2.45) is 10.8 Å². The first-order valence-corrected chi connectivity index (χ1v) is 13.8. The number of rotatable bonds is 8. The summed E-state index contributed by atoms with van der Waals surface area (Å²) in [5.41, 5.74) is -1.18. The summed E-state index contributed by atoms with van der Waals surface area (Å²) in [6.07, 6.45) is 6.56. The zero-order valence-corrected chi connectivity index (χ0v) is 23.1. The zero-order valence-electron chi connectivity index (χ0n) is 21.6. The van der Waals surface area contributed by atoms with Crippen molar-refractivity contribution < 1.29 is 23.9 Å². The number of aliphatic carboxylic acids is 1. The number of hydrogen-bond donors (Lipinski definition) is 1. The number of carbonyl (C=O) groups excluding carboxylic acids is 2. The number of carbonyl (C=O) groups is 3. The van der Waals surface area contributed by atoms with Crippen molar-refractivity contribution >= 4 is 40.9 Å². The van der Waals surface area contributed by atoms with E-state index in [-0.39, 0.29) is 40.2 Å². The number of carboxylic acid groups (broad SMARTS) is 1. The van der Waals surface area contributed by atoms with E-state index in [1.165, 1.54) is 11.1 Å². The summed E-state index contributed by atoms with van der Waals surface area (Å²) in [5, 5.41) is 14.4. The van der Waals surface area contributed by atoms with Gasteiger partial charge in [-0.1, -0.05) is 29.3 Å². The topological polar surface area (TPSA) is 92.5 Å². The molecule has 0 bridgehead atoms. The summed E-state index contributed by atoms with van der Waals surface area (Å²) >= 11 is 12.5. The molecule has 3 fully saturated rings. The van der Waals surface area contributed by atoms with Crippen LogP contribution in [0.25, 0.3) is 0 Å². The van der Waals surface area contributed by atoms with E-state index in [1.54, 1.807) is 36.7 Å². The largest absolute Gasteiger partial charge is 0.481 e. The van der Waals surface area contributed by atoms with E-state index in [0.717, 1.165) is 12.8 Å². The van der Waals surface area contributed by atoms with Gasteiger partial charge in [-0.2, -0.15) is 5.10 Å². The van der Waals surface area contributed by atoms with Crippen molar-refractivity contribution in [2.75, 3.05) is 13.1 Å². The first-order valence-electron chi connectivity index (χ1n) is 13.1. The molecule has 0 unspecified atom stereocenters. The lowest BCUT2D eigenvalue weighted by Gasteiger charge is -2.44. The Morgan fingerprint density at radius 3 is 2.29 bits per heavy atom. The highest BCUT2D eigenvalue weighted by Gasteiger charge is 2.62. The molecule has 3 saturated carbocycles. The number of alkyl halides is 1. The van der Waals surface area contributed by atoms with Crippen molar-refractivity contribution in [1.29, 1.82) is 0 Å². The van der Waals surface area contributed by atoms with Crippen LogP contribution in [0.2, 0.25) is 10.0 Å². The van der Waals surface area contributed by atoms with E-state index in [9.17, 15) is 19.5 Å². The van der Waals surface area contributed by atoms with E-state index in [0.29, 0.717) is 49.8 Å². The van der Waals surface area contributed by atoms with Crippen LogP contribution in [-0.4, -0.2) is 56.2 Å². The van der Waals surface area contributed by atoms with Crippen molar-refractivity contribution in [1.82, 2.24) is 14.7 Å². The number of amides is 1. The fraction of sp³-hybridized carbons (Fsp3) is 0.571. The molecule has 204 valence electrons. The highest BCUT2D eigenvalue weighted by Crippen LogP contribution is 2.66. The molecule has 2 aromatic rings. The molecular weight excluding hydrogens is 532 g/mol. The lowest BCUT2D eigenvalue weighted by atomic mass is 9.69. The molecule has 7 nitrogen and oxygen atoms in total. The summed E-state index contributed by atoms with van der Waals surface area (Å²) in [7, 11) is 0. The number of carboxylic acids is 1. The van der Waals surface area contributed by atoms with Gasteiger partial charge in [0.1, 0.15) is 5.67 Å². The van der Waals surface area contributed by atoms with Crippen LogP contribution in [0.4, 0.5) is 4.39 Å². The summed E-state index contributed by atoms with van der Waals surface area (Å²) < 4.78 is 17.5. The second-order valence-corrected chi connectivity index (χ2v) is 12.7. The summed E-state index contributed by atoms with van der Waals surface area (Å²) in [5.74, 6) is -1.72. The molecule has 3 aliphatic rings. The van der Waals surface area contributed by atoms with E-state index < -0.39 is 28.7 Å². The minimum absolute atomic E-state index is 0.0325. The predicted molar refractivity (Wildman–Crippen MR) is 142 cm³/mol. The molecular formula is C28H32Cl2FN3O4. The number of halogens is 3. The number of benzene rings is 1. The first kappa shape index (κ1) is 27.1. The van der Waals surface area contributed by atoms with E-state index in [4.69, 9.17) is 23.2 Å². The standard InChI is InChI=1S/C28H32Cl2FN3O4/c1-17-19(12-32-34(17)18-6-8-26(2,9-7-18)25(37)38)24(36)33(16-28(31)14-27(15-28)10-11-27)13-22(35)23-20(29)4-3-5-21(23)30/h3-5,12,18H,6-11,13-16H2,1-2H3,(H,37,38). The van der Waals surface area contributed by atoms with Gasteiger partial charge in [0.2, 0.25) is 0 Å². The van der Waals surface area contributed by atoms with Crippen molar-refractivity contribution in [2.45, 2.75) is 76.9 Å². The number of nitrogens with zero attached hydrogens (tertiary/aromatic N) is 3. The smallest absolute Gasteiger partial charge is 0.309 e. The van der Waals surface area contributed by atoms with Gasteiger partial charge in [-0.15, -0.1) is 0 Å². The summed E-state index contributed by atoms with van der Waals surface area (Å²) in [4.78, 5) is 40.0. The number of Topliss-reactive ketones (excluding diaryl/α,β-unsaturated/α-hetero) is 1. The van der Waals surface area contributed by atoms with E-state index in [1.807, 2.05) is 0 Å². The third-order valence-corrected chi connectivity index (χ3v) is 9.50. The maximum absolute atomic E-state index is 15.7. The van der Waals surface area contributed by atoms with E-state index >= 15 is 4.39 Å². The van der Waals surface area contributed by atoms with Crippen LogP contribution < -0.4 is 0 Å². The number of ketones is 1. The van der Waals surface area contributed by atoms with Gasteiger partial charge in [0.05, 0.1) is 51.9 Å². The lowest BCUT2D eigenvalue weighted by molar-refractivity contribution is -0.150. The Balaban J connectivity index is 1.37. The minimum atomic E-state index is -1.54. The molecule has 0 radical (unpaired) electrons.